The summed E-state index contributed by atoms with van der Waals surface area (Å²) in [6, 6.07) is 11.9. The number of allylic oxidation sites excluding steroid dienone is 2. The first-order valence-corrected chi connectivity index (χ1v) is 6.47. The van der Waals surface area contributed by atoms with E-state index in [2.05, 4.69) is 0 Å². The summed E-state index contributed by atoms with van der Waals surface area (Å²) in [6.45, 7) is 3.96. The highest BCUT2D eigenvalue weighted by molar-refractivity contribution is 5.92. The molecule has 0 aromatic heterocycles. The van der Waals surface area contributed by atoms with E-state index < -0.39 is 11.9 Å². The van der Waals surface area contributed by atoms with Gasteiger partial charge in [0.15, 0.2) is 0 Å². The molecule has 2 aromatic rings. The Kier molecular flexibility index (Phi) is 4.00. The molecule has 0 heterocycles. The number of aliphatic carboxylic acids is 1. The summed E-state index contributed by atoms with van der Waals surface area (Å²) >= 11 is 0. The molecular formula is C17H18O2. The Morgan fingerprint density at radius 3 is 2.53 bits per heavy atom. The van der Waals surface area contributed by atoms with Gasteiger partial charge in [-0.3, -0.25) is 4.79 Å². The Morgan fingerprint density at radius 2 is 1.89 bits per heavy atom. The molecular weight excluding hydrogens is 236 g/mol. The van der Waals surface area contributed by atoms with Gasteiger partial charge in [-0.1, -0.05) is 48.6 Å². The zero-order chi connectivity index (χ0) is 13.8. The van der Waals surface area contributed by atoms with Crippen molar-refractivity contribution in [3.8, 4) is 0 Å². The lowest BCUT2D eigenvalue weighted by molar-refractivity contribution is -0.138. The van der Waals surface area contributed by atoms with Crippen LogP contribution >= 0.6 is 0 Å². The van der Waals surface area contributed by atoms with E-state index in [-0.39, 0.29) is 0 Å². The second-order valence-electron chi connectivity index (χ2n) is 4.71. The molecule has 0 bridgehead atoms. The summed E-state index contributed by atoms with van der Waals surface area (Å²) in [4.78, 5) is 11.5. The molecule has 2 rings (SSSR count). The molecule has 2 nitrogen and oxygen atoms in total. The predicted octanol–water partition coefficient (Wildman–Crippen LogP) is 4.28. The number of hydrogen-bond acceptors (Lipinski definition) is 1. The largest absolute Gasteiger partial charge is 0.481 e. The van der Waals surface area contributed by atoms with E-state index in [0.717, 1.165) is 16.3 Å². The Hall–Kier alpha value is -2.09. The number of carbonyl (C=O) groups is 1. The van der Waals surface area contributed by atoms with Crippen LogP contribution in [0, 0.1) is 6.92 Å². The third-order valence-electron chi connectivity index (χ3n) is 3.46. The maximum Gasteiger partial charge on any atom is 0.311 e. The van der Waals surface area contributed by atoms with Gasteiger partial charge in [0.25, 0.3) is 0 Å². The number of rotatable bonds is 4. The second-order valence-corrected chi connectivity index (χ2v) is 4.71. The van der Waals surface area contributed by atoms with Gasteiger partial charge in [-0.15, -0.1) is 0 Å². The van der Waals surface area contributed by atoms with Gasteiger partial charge >= 0.3 is 5.97 Å². The lowest BCUT2D eigenvalue weighted by atomic mass is 9.89. The normalized spacial score (nSPS) is 12.9. The van der Waals surface area contributed by atoms with Crippen molar-refractivity contribution in [2.75, 3.05) is 0 Å². The van der Waals surface area contributed by atoms with Gasteiger partial charge in [0.2, 0.25) is 0 Å². The number of fused-ring (bicyclic) bond motifs is 1. The molecule has 1 atom stereocenters. The van der Waals surface area contributed by atoms with Gasteiger partial charge in [0.05, 0.1) is 5.92 Å². The highest BCUT2D eigenvalue weighted by Gasteiger charge is 2.20. The molecule has 1 unspecified atom stereocenters. The molecule has 0 amide bonds. The number of hydrogen-bond donors (Lipinski definition) is 1. The van der Waals surface area contributed by atoms with Crippen LogP contribution in [0.5, 0.6) is 0 Å². The first-order valence-electron chi connectivity index (χ1n) is 6.47. The Balaban J connectivity index is 2.60. The number of carboxylic acids is 1. The number of benzene rings is 2. The smallest absolute Gasteiger partial charge is 0.311 e. The topological polar surface area (TPSA) is 37.3 Å². The van der Waals surface area contributed by atoms with Gasteiger partial charge in [-0.2, -0.15) is 0 Å². The minimum Gasteiger partial charge on any atom is -0.481 e. The molecule has 19 heavy (non-hydrogen) atoms. The maximum absolute atomic E-state index is 11.5. The molecule has 0 radical (unpaired) electrons. The Labute approximate surface area is 113 Å². The summed E-state index contributed by atoms with van der Waals surface area (Å²) < 4.78 is 0. The van der Waals surface area contributed by atoms with E-state index in [4.69, 9.17) is 0 Å². The number of aryl methyl sites for hydroxylation is 1. The highest BCUT2D eigenvalue weighted by Crippen LogP contribution is 2.30. The van der Waals surface area contributed by atoms with Gasteiger partial charge in [0.1, 0.15) is 0 Å². The summed E-state index contributed by atoms with van der Waals surface area (Å²) in [6.07, 6.45) is 4.33. The van der Waals surface area contributed by atoms with E-state index >= 15 is 0 Å². The van der Waals surface area contributed by atoms with Crippen LogP contribution in [-0.4, -0.2) is 11.1 Å². The molecule has 0 fully saturated rings. The third kappa shape index (κ3) is 2.68. The summed E-state index contributed by atoms with van der Waals surface area (Å²) in [7, 11) is 0. The minimum absolute atomic E-state index is 0.485. The molecule has 0 aliphatic rings. The zero-order valence-electron chi connectivity index (χ0n) is 11.3. The van der Waals surface area contributed by atoms with Crippen molar-refractivity contribution in [1.29, 1.82) is 0 Å². The molecule has 0 aliphatic heterocycles. The minimum atomic E-state index is -0.771. The van der Waals surface area contributed by atoms with Crippen molar-refractivity contribution in [2.24, 2.45) is 0 Å². The van der Waals surface area contributed by atoms with Gasteiger partial charge in [-0.05, 0) is 42.2 Å². The van der Waals surface area contributed by atoms with Crippen LogP contribution in [-0.2, 0) is 4.79 Å². The van der Waals surface area contributed by atoms with E-state index in [0.29, 0.717) is 6.42 Å². The fraction of sp³-hybridized carbons (Fsp3) is 0.235. The van der Waals surface area contributed by atoms with Crippen molar-refractivity contribution in [3.05, 3.63) is 59.7 Å². The first-order chi connectivity index (χ1) is 9.15. The molecule has 0 saturated heterocycles. The van der Waals surface area contributed by atoms with Crippen LogP contribution in [0.15, 0.2) is 48.6 Å². The molecule has 1 N–H and O–H groups in total. The average molecular weight is 254 g/mol. The van der Waals surface area contributed by atoms with Crippen molar-refractivity contribution in [2.45, 2.75) is 26.2 Å². The molecule has 98 valence electrons. The SMILES string of the molecule is C/C=C/CC(C(=O)O)c1ccc(C)c2ccccc12. The molecule has 0 spiro atoms. The predicted molar refractivity (Wildman–Crippen MR) is 78.5 cm³/mol. The van der Waals surface area contributed by atoms with Crippen molar-refractivity contribution in [3.63, 3.8) is 0 Å². The van der Waals surface area contributed by atoms with Crippen LogP contribution in [0.4, 0.5) is 0 Å². The molecule has 0 saturated carbocycles. The standard InChI is InChI=1S/C17H18O2/c1-3-4-7-16(17(18)19)15-11-10-12(2)13-8-5-6-9-14(13)15/h3-6,8-11,16H,7H2,1-2H3,(H,18,19)/b4-3+. The molecule has 2 aromatic carbocycles. The number of carboxylic acid groups (broad SMARTS) is 1. The van der Waals surface area contributed by atoms with Gasteiger partial charge in [0, 0.05) is 0 Å². The lowest BCUT2D eigenvalue weighted by Gasteiger charge is -2.15. The average Bonchev–Trinajstić information content (AvgIpc) is 2.41. The van der Waals surface area contributed by atoms with Crippen LogP contribution in [0.1, 0.15) is 30.4 Å². The van der Waals surface area contributed by atoms with Crippen LogP contribution in [0.25, 0.3) is 10.8 Å². The fourth-order valence-corrected chi connectivity index (χ4v) is 2.41. The van der Waals surface area contributed by atoms with Gasteiger partial charge in [-0.25, -0.2) is 0 Å². The Morgan fingerprint density at radius 1 is 1.21 bits per heavy atom. The lowest BCUT2D eigenvalue weighted by Crippen LogP contribution is -2.11. The zero-order valence-corrected chi connectivity index (χ0v) is 11.3. The van der Waals surface area contributed by atoms with Crippen molar-refractivity contribution in [1.82, 2.24) is 0 Å². The summed E-state index contributed by atoms with van der Waals surface area (Å²) in [5.41, 5.74) is 2.07. The molecule has 2 heteroatoms. The fourth-order valence-electron chi connectivity index (χ4n) is 2.41. The van der Waals surface area contributed by atoms with E-state index in [1.165, 1.54) is 5.56 Å². The van der Waals surface area contributed by atoms with Crippen molar-refractivity contribution >= 4 is 16.7 Å². The van der Waals surface area contributed by atoms with E-state index in [1.807, 2.05) is 62.4 Å². The molecule has 0 aliphatic carbocycles. The highest BCUT2D eigenvalue weighted by atomic mass is 16.4. The monoisotopic (exact) mass is 254 g/mol. The second kappa shape index (κ2) is 5.70. The first kappa shape index (κ1) is 13.3. The summed E-state index contributed by atoms with van der Waals surface area (Å²) in [5, 5.41) is 11.6. The van der Waals surface area contributed by atoms with Crippen molar-refractivity contribution < 1.29 is 9.90 Å². The van der Waals surface area contributed by atoms with Gasteiger partial charge < -0.3 is 5.11 Å². The van der Waals surface area contributed by atoms with Crippen LogP contribution in [0.3, 0.4) is 0 Å². The maximum atomic E-state index is 11.5. The van der Waals surface area contributed by atoms with Crippen LogP contribution in [0.2, 0.25) is 0 Å². The third-order valence-corrected chi connectivity index (χ3v) is 3.46. The van der Waals surface area contributed by atoms with E-state index in [9.17, 15) is 9.90 Å². The van der Waals surface area contributed by atoms with E-state index in [1.54, 1.807) is 0 Å². The quantitative estimate of drug-likeness (QED) is 0.827. The van der Waals surface area contributed by atoms with Crippen LogP contribution < -0.4 is 0 Å². The Bertz CT molecular complexity index is 626. The summed E-state index contributed by atoms with van der Waals surface area (Å²) in [5.74, 6) is -1.26.